The van der Waals surface area contributed by atoms with Gasteiger partial charge in [0, 0.05) is 14.8 Å². The van der Waals surface area contributed by atoms with E-state index in [-0.39, 0.29) is 10.8 Å². The lowest BCUT2D eigenvalue weighted by Crippen LogP contribution is -2.74. The van der Waals surface area contributed by atoms with Gasteiger partial charge in [0.2, 0.25) is 0 Å². The maximum atomic E-state index is 2.63. The van der Waals surface area contributed by atoms with Gasteiger partial charge in [0.1, 0.15) is 6.15 Å². The summed E-state index contributed by atoms with van der Waals surface area (Å²) in [6.45, 7) is 14.7. The van der Waals surface area contributed by atoms with Gasteiger partial charge in [-0.1, -0.05) is 201 Å². The molecular weight excluding hydrogens is 642 g/mol. The molecule has 2 aliphatic carbocycles. The Labute approximate surface area is 319 Å². The third kappa shape index (κ3) is 8.21. The van der Waals surface area contributed by atoms with E-state index in [0.717, 1.165) is 11.8 Å². The lowest BCUT2D eigenvalue weighted by Gasteiger charge is -2.44. The van der Waals surface area contributed by atoms with Gasteiger partial charge >= 0.3 is 0 Å². The fourth-order valence-corrected chi connectivity index (χ4v) is 10.7. The summed E-state index contributed by atoms with van der Waals surface area (Å²) in [5.74, 6) is 1.59. The fourth-order valence-electron chi connectivity index (χ4n) is 9.99. The van der Waals surface area contributed by atoms with E-state index >= 15 is 0 Å². The average molecular weight is 707 g/mol. The highest BCUT2D eigenvalue weighted by molar-refractivity contribution is 7.27. The van der Waals surface area contributed by atoms with Gasteiger partial charge < -0.3 is 0 Å². The molecule has 2 saturated carbocycles. The van der Waals surface area contributed by atoms with Crippen molar-refractivity contribution in [2.24, 2.45) is 0 Å². The fraction of sp³-hybridized carbons (Fsp3) is 0.400. The average Bonchev–Trinajstić information content (AvgIpc) is 3.17. The molecule has 0 aromatic heterocycles. The van der Waals surface area contributed by atoms with Crippen LogP contribution in [-0.4, -0.2) is 6.15 Å². The molecule has 0 saturated heterocycles. The van der Waals surface area contributed by atoms with Gasteiger partial charge in [-0.3, -0.25) is 0 Å². The van der Waals surface area contributed by atoms with Crippen molar-refractivity contribution < 1.29 is 0 Å². The Bertz CT molecular complexity index is 1670. The van der Waals surface area contributed by atoms with Gasteiger partial charge in [-0.05, 0) is 71.1 Å². The van der Waals surface area contributed by atoms with Gasteiger partial charge in [0.15, 0.2) is 0 Å². The molecule has 52 heavy (non-hydrogen) atoms. The highest BCUT2D eigenvalue weighted by Gasteiger charge is 2.37. The first-order valence-electron chi connectivity index (χ1n) is 20.4. The molecule has 0 radical (unpaired) electrons. The quantitative estimate of drug-likeness (QED) is 0.122. The normalized spacial score (nSPS) is 16.3. The van der Waals surface area contributed by atoms with Crippen LogP contribution in [0.15, 0.2) is 127 Å². The highest BCUT2D eigenvalue weighted by Crippen LogP contribution is 2.48. The third-order valence-electron chi connectivity index (χ3n) is 12.3. The summed E-state index contributed by atoms with van der Waals surface area (Å²) in [7, 11) is 2.17. The monoisotopic (exact) mass is 706 g/mol. The van der Waals surface area contributed by atoms with Crippen LogP contribution in [0.1, 0.15) is 140 Å². The first kappa shape index (κ1) is 38.3. The van der Waals surface area contributed by atoms with Crippen LogP contribution in [0.5, 0.6) is 0 Å². The Morgan fingerprint density at radius 1 is 0.442 bits per heavy atom. The molecule has 0 amide bonds. The van der Waals surface area contributed by atoms with Gasteiger partial charge in [-0.25, -0.2) is 0 Å². The predicted octanol–water partition coefficient (Wildman–Crippen LogP) is 10.7. The summed E-state index contributed by atoms with van der Waals surface area (Å²) in [6, 6.07) is 46.2. The van der Waals surface area contributed by atoms with Crippen LogP contribution in [0.4, 0.5) is 0 Å². The van der Waals surface area contributed by atoms with E-state index in [9.17, 15) is 0 Å². The largest absolute Gasteiger partial charge is 0.195 e. The molecule has 0 N–H and O–H groups in total. The summed E-state index contributed by atoms with van der Waals surface area (Å²) in [6.07, 6.45) is 13.0. The molecule has 5 aromatic rings. The molecule has 2 heteroatoms. The van der Waals surface area contributed by atoms with Crippen molar-refractivity contribution in [3.05, 3.63) is 150 Å². The number of hydrogen-bond donors (Lipinski definition) is 0. The minimum atomic E-state index is -1.22. The molecule has 0 heterocycles. The van der Waals surface area contributed by atoms with Crippen molar-refractivity contribution in [3.63, 3.8) is 0 Å². The SMILES string of the molecule is CC(C)(C)c1cc([PH3+])c(C2CCCCC2)c(C(C)(C)C)c1C1CCCCC1.c1ccc([B-](c2ccccc2)(c2ccccc2)c2ccccc2)cc1. The Balaban J connectivity index is 0.000000179. The lowest BCUT2D eigenvalue weighted by atomic mass is 9.13. The smallest absolute Gasteiger partial charge is 0.108 e. The summed E-state index contributed by atoms with van der Waals surface area (Å²) in [4.78, 5) is 0. The summed E-state index contributed by atoms with van der Waals surface area (Å²) in [5.41, 5.74) is 12.8. The van der Waals surface area contributed by atoms with Crippen LogP contribution >= 0.6 is 9.24 Å². The van der Waals surface area contributed by atoms with E-state index in [1.165, 1.54) is 86.1 Å². The minimum Gasteiger partial charge on any atom is -0.195 e. The Morgan fingerprint density at radius 2 is 0.769 bits per heavy atom. The van der Waals surface area contributed by atoms with E-state index in [0.29, 0.717) is 0 Å². The van der Waals surface area contributed by atoms with Crippen LogP contribution in [0.3, 0.4) is 0 Å². The van der Waals surface area contributed by atoms with Crippen molar-refractivity contribution in [1.82, 2.24) is 0 Å². The summed E-state index contributed by atoms with van der Waals surface area (Å²) >= 11 is 0. The van der Waals surface area contributed by atoms with Crippen molar-refractivity contribution >= 4 is 42.5 Å². The molecule has 0 spiro atoms. The predicted molar refractivity (Wildman–Crippen MR) is 236 cm³/mol. The number of benzene rings is 5. The molecule has 2 fully saturated rings. The van der Waals surface area contributed by atoms with Crippen molar-refractivity contribution in [2.75, 3.05) is 0 Å². The van der Waals surface area contributed by atoms with Crippen LogP contribution in [-0.2, 0) is 10.8 Å². The van der Waals surface area contributed by atoms with E-state index in [1.54, 1.807) is 27.6 Å². The van der Waals surface area contributed by atoms with Crippen molar-refractivity contribution in [1.29, 1.82) is 0 Å². The Morgan fingerprint density at radius 3 is 1.08 bits per heavy atom. The molecule has 0 nitrogen and oxygen atoms in total. The molecule has 1 atom stereocenters. The Kier molecular flexibility index (Phi) is 12.3. The van der Waals surface area contributed by atoms with E-state index in [2.05, 4.69) is 178 Å². The second kappa shape index (κ2) is 16.7. The second-order valence-corrected chi connectivity index (χ2v) is 18.7. The maximum absolute atomic E-state index is 2.63. The molecule has 0 bridgehead atoms. The van der Waals surface area contributed by atoms with Crippen LogP contribution in [0.25, 0.3) is 0 Å². The van der Waals surface area contributed by atoms with Crippen LogP contribution < -0.4 is 27.2 Å². The van der Waals surface area contributed by atoms with Crippen molar-refractivity contribution in [2.45, 2.75) is 128 Å². The van der Waals surface area contributed by atoms with Crippen LogP contribution in [0.2, 0.25) is 0 Å². The Hall–Kier alpha value is -3.41. The van der Waals surface area contributed by atoms with Gasteiger partial charge in [0.05, 0.1) is 5.30 Å². The molecule has 1 unspecified atom stereocenters. The van der Waals surface area contributed by atoms with E-state index < -0.39 is 6.15 Å². The van der Waals surface area contributed by atoms with Crippen LogP contribution in [0, 0.1) is 0 Å². The second-order valence-electron chi connectivity index (χ2n) is 18.0. The van der Waals surface area contributed by atoms with Gasteiger partial charge in [0.25, 0.3) is 0 Å². The number of hydrogen-bond acceptors (Lipinski definition) is 0. The molecule has 2 aliphatic rings. The first-order chi connectivity index (χ1) is 25.0. The van der Waals surface area contributed by atoms with E-state index in [4.69, 9.17) is 0 Å². The molecule has 5 aromatic carbocycles. The topological polar surface area (TPSA) is 0 Å². The molecule has 0 aliphatic heterocycles. The number of rotatable bonds is 6. The maximum Gasteiger partial charge on any atom is 0.108 e. The van der Waals surface area contributed by atoms with Gasteiger partial charge in [-0.2, -0.15) is 21.9 Å². The highest BCUT2D eigenvalue weighted by atomic mass is 31.0. The third-order valence-corrected chi connectivity index (χ3v) is 12.9. The zero-order valence-corrected chi connectivity index (χ0v) is 34.5. The summed E-state index contributed by atoms with van der Waals surface area (Å²) in [5, 5.41) is 1.61. The standard InChI is InChI=1S/C26H43P.C24H20B/c1-25(2,3)20-17-21(27)23(19-15-11-8-12-16-19)24(26(4,5)6)22(20)18-13-9-7-10-14-18;1-5-13-21(14-6-1)25(22-15-7-2-8-16-22,23-17-9-3-10-18-23)24-19-11-4-12-20-24/h17-19H,7-16,27H2,1-6H3;1-20H/q;-1/p+1. The minimum absolute atomic E-state index is 0.229. The summed E-state index contributed by atoms with van der Waals surface area (Å²) < 4.78 is 0. The molecule has 272 valence electrons. The molecular formula is C50H64BP. The van der Waals surface area contributed by atoms with Crippen molar-refractivity contribution in [3.8, 4) is 0 Å². The zero-order chi connectivity index (χ0) is 36.8. The molecule has 7 rings (SSSR count). The zero-order valence-electron chi connectivity index (χ0n) is 33.1. The van der Waals surface area contributed by atoms with E-state index in [1.807, 2.05) is 0 Å². The van der Waals surface area contributed by atoms with Gasteiger partial charge in [-0.15, -0.1) is 0 Å². The lowest BCUT2D eigenvalue weighted by molar-refractivity contribution is 0.414. The first-order valence-corrected chi connectivity index (χ1v) is 21.1.